The molecule has 5 N–H and O–H groups in total. The second-order valence-electron chi connectivity index (χ2n) is 3.77. The fourth-order valence-corrected chi connectivity index (χ4v) is 3.07. The van der Waals surface area contributed by atoms with Crippen LogP contribution in [0.3, 0.4) is 0 Å². The summed E-state index contributed by atoms with van der Waals surface area (Å²) in [4.78, 5) is -0.655. The van der Waals surface area contributed by atoms with Crippen LogP contribution in [0.2, 0.25) is 0 Å². The van der Waals surface area contributed by atoms with Gasteiger partial charge in [0.05, 0.1) is 9.79 Å². The highest BCUT2D eigenvalue weighted by molar-refractivity contribution is 7.90. The van der Waals surface area contributed by atoms with E-state index in [0.717, 1.165) is 6.07 Å². The van der Waals surface area contributed by atoms with Crippen molar-refractivity contribution in [3.05, 3.63) is 23.3 Å². The molecule has 1 aromatic rings. The molecule has 0 aliphatic rings. The van der Waals surface area contributed by atoms with Crippen molar-refractivity contribution in [3.8, 4) is 0 Å². The van der Waals surface area contributed by atoms with Crippen molar-refractivity contribution in [2.75, 3.05) is 6.61 Å². The molecule has 0 spiro atoms. The maximum absolute atomic E-state index is 11.4. The molecule has 1 aromatic carbocycles. The van der Waals surface area contributed by atoms with E-state index in [1.807, 2.05) is 0 Å². The lowest BCUT2D eigenvalue weighted by molar-refractivity contribution is 0.299. The summed E-state index contributed by atoms with van der Waals surface area (Å²) >= 11 is 0. The van der Waals surface area contributed by atoms with E-state index in [4.69, 9.17) is 15.4 Å². The van der Waals surface area contributed by atoms with Crippen molar-refractivity contribution in [1.29, 1.82) is 0 Å². The molecular weight excluding hydrogens is 280 g/mol. The minimum atomic E-state index is -4.06. The topological polar surface area (TPSA) is 141 Å². The molecule has 0 aromatic heterocycles. The molecule has 7 nitrogen and oxygen atoms in total. The van der Waals surface area contributed by atoms with Crippen molar-refractivity contribution < 1.29 is 21.9 Å². The number of sulfonamides is 2. The Morgan fingerprint density at radius 2 is 1.67 bits per heavy atom. The molecule has 0 saturated heterocycles. The molecule has 1 rings (SSSR count). The number of nitrogens with two attached hydrogens (primary N) is 2. The average molecular weight is 294 g/mol. The molecule has 9 heteroatoms. The zero-order chi connectivity index (χ0) is 14.1. The third-order valence-corrected chi connectivity index (χ3v) is 4.39. The van der Waals surface area contributed by atoms with E-state index in [-0.39, 0.29) is 22.8 Å². The van der Waals surface area contributed by atoms with E-state index in [0.29, 0.717) is 11.1 Å². The van der Waals surface area contributed by atoms with Gasteiger partial charge in [0.25, 0.3) is 0 Å². The first-order chi connectivity index (χ1) is 8.07. The predicted octanol–water partition coefficient (Wildman–Crippen LogP) is -1.18. The van der Waals surface area contributed by atoms with Crippen LogP contribution in [-0.2, 0) is 26.5 Å². The van der Waals surface area contributed by atoms with Crippen LogP contribution in [0.4, 0.5) is 0 Å². The summed E-state index contributed by atoms with van der Waals surface area (Å²) in [6, 6.07) is 2.15. The van der Waals surface area contributed by atoms with Gasteiger partial charge in [0.1, 0.15) is 0 Å². The average Bonchev–Trinajstić information content (AvgIpc) is 2.17. The van der Waals surface area contributed by atoms with Gasteiger partial charge < -0.3 is 5.11 Å². The summed E-state index contributed by atoms with van der Waals surface area (Å²) in [5, 5.41) is 18.8. The van der Waals surface area contributed by atoms with Gasteiger partial charge in [-0.1, -0.05) is 0 Å². The summed E-state index contributed by atoms with van der Waals surface area (Å²) in [7, 11) is -8.10. The Hall–Kier alpha value is -1.00. The fraction of sp³-hybridized carbons (Fsp3) is 0.333. The van der Waals surface area contributed by atoms with Gasteiger partial charge >= 0.3 is 0 Å². The van der Waals surface area contributed by atoms with Crippen LogP contribution >= 0.6 is 0 Å². The third kappa shape index (κ3) is 3.27. The molecule has 0 saturated carbocycles. The van der Waals surface area contributed by atoms with Gasteiger partial charge in [-0.25, -0.2) is 27.1 Å². The Morgan fingerprint density at radius 3 is 2.06 bits per heavy atom. The molecule has 0 unspecified atom stereocenters. The monoisotopic (exact) mass is 294 g/mol. The molecule has 0 heterocycles. The van der Waals surface area contributed by atoms with Crippen LogP contribution in [0.1, 0.15) is 11.1 Å². The maximum Gasteiger partial charge on any atom is 0.238 e. The number of aliphatic hydroxyl groups excluding tert-OH is 1. The Bertz CT molecular complexity index is 664. The van der Waals surface area contributed by atoms with Gasteiger partial charge in [-0.15, -0.1) is 0 Å². The molecule has 0 aliphatic heterocycles. The van der Waals surface area contributed by atoms with E-state index in [1.165, 1.54) is 13.0 Å². The van der Waals surface area contributed by atoms with Crippen LogP contribution in [0.25, 0.3) is 0 Å². The van der Waals surface area contributed by atoms with Crippen LogP contribution in [0.15, 0.2) is 21.9 Å². The second kappa shape index (κ2) is 4.94. The van der Waals surface area contributed by atoms with E-state index in [9.17, 15) is 16.8 Å². The number of hydrogen-bond acceptors (Lipinski definition) is 5. The Balaban J connectivity index is 3.68. The van der Waals surface area contributed by atoms with Gasteiger partial charge in [-0.05, 0) is 36.6 Å². The normalized spacial score (nSPS) is 12.7. The first-order valence-corrected chi connectivity index (χ1v) is 7.96. The summed E-state index contributed by atoms with van der Waals surface area (Å²) in [5.41, 5.74) is 0.673. The largest absolute Gasteiger partial charge is 0.396 e. The third-order valence-electron chi connectivity index (χ3n) is 2.46. The molecule has 18 heavy (non-hydrogen) atoms. The predicted molar refractivity (Wildman–Crippen MR) is 64.7 cm³/mol. The Morgan fingerprint density at radius 1 is 1.11 bits per heavy atom. The quantitative estimate of drug-likeness (QED) is 0.641. The lowest BCUT2D eigenvalue weighted by Crippen LogP contribution is -2.18. The van der Waals surface area contributed by atoms with Gasteiger partial charge in [-0.3, -0.25) is 0 Å². The van der Waals surface area contributed by atoms with Gasteiger partial charge in [0, 0.05) is 6.61 Å². The van der Waals surface area contributed by atoms with Gasteiger partial charge in [0.2, 0.25) is 20.0 Å². The minimum Gasteiger partial charge on any atom is -0.396 e. The molecule has 0 atom stereocenters. The minimum absolute atomic E-state index is 0.109. The molecule has 0 bridgehead atoms. The first kappa shape index (κ1) is 15.1. The molecular formula is C9H14N2O5S2. The van der Waals surface area contributed by atoms with Crippen molar-refractivity contribution in [3.63, 3.8) is 0 Å². The summed E-state index contributed by atoms with van der Waals surface area (Å²) in [6.07, 6.45) is 0.109. The van der Waals surface area contributed by atoms with E-state index < -0.39 is 20.0 Å². The summed E-state index contributed by atoms with van der Waals surface area (Å²) < 4.78 is 45.3. The highest BCUT2D eigenvalue weighted by Gasteiger charge is 2.19. The fourth-order valence-electron chi connectivity index (χ4n) is 1.56. The number of primary sulfonamides is 2. The number of aliphatic hydroxyl groups is 1. The smallest absolute Gasteiger partial charge is 0.238 e. The molecule has 0 amide bonds. The highest BCUT2D eigenvalue weighted by Crippen LogP contribution is 2.23. The molecule has 0 aliphatic carbocycles. The standard InChI is InChI=1S/C9H14N2O5S2/c1-6-7(2-3-12)4-8(17(10,13)14)5-9(6)18(11,15)16/h4-5,12H,2-3H2,1H3,(H2,10,13,14)(H2,11,15,16). The van der Waals surface area contributed by atoms with E-state index in [1.54, 1.807) is 0 Å². The summed E-state index contributed by atoms with van der Waals surface area (Å²) in [5.74, 6) is 0. The zero-order valence-corrected chi connectivity index (χ0v) is 11.3. The van der Waals surface area contributed by atoms with E-state index >= 15 is 0 Å². The number of rotatable bonds is 4. The lowest BCUT2D eigenvalue weighted by Gasteiger charge is -2.11. The second-order valence-corrected chi connectivity index (χ2v) is 6.86. The van der Waals surface area contributed by atoms with Crippen LogP contribution < -0.4 is 10.3 Å². The first-order valence-electron chi connectivity index (χ1n) is 4.87. The lowest BCUT2D eigenvalue weighted by atomic mass is 10.1. The summed E-state index contributed by atoms with van der Waals surface area (Å²) in [6.45, 7) is 1.23. The Labute approximate surface area is 106 Å². The highest BCUT2D eigenvalue weighted by atomic mass is 32.2. The van der Waals surface area contributed by atoms with Gasteiger partial charge in [0.15, 0.2) is 0 Å². The van der Waals surface area contributed by atoms with Gasteiger partial charge in [-0.2, -0.15) is 0 Å². The number of hydrogen-bond donors (Lipinski definition) is 3. The SMILES string of the molecule is Cc1c(CCO)cc(S(N)(=O)=O)cc1S(N)(=O)=O. The van der Waals surface area contributed by atoms with Crippen molar-refractivity contribution >= 4 is 20.0 Å². The molecule has 0 fully saturated rings. The van der Waals surface area contributed by atoms with Crippen molar-refractivity contribution in [2.45, 2.75) is 23.1 Å². The molecule has 0 radical (unpaired) electrons. The van der Waals surface area contributed by atoms with Crippen molar-refractivity contribution in [1.82, 2.24) is 0 Å². The zero-order valence-electron chi connectivity index (χ0n) is 9.62. The van der Waals surface area contributed by atoms with Crippen molar-refractivity contribution in [2.24, 2.45) is 10.3 Å². The van der Waals surface area contributed by atoms with Crippen LogP contribution in [0.5, 0.6) is 0 Å². The maximum atomic E-state index is 11.4. The van der Waals surface area contributed by atoms with Crippen LogP contribution in [-0.4, -0.2) is 28.5 Å². The molecule has 102 valence electrons. The van der Waals surface area contributed by atoms with E-state index in [2.05, 4.69) is 0 Å². The van der Waals surface area contributed by atoms with Crippen LogP contribution in [0, 0.1) is 6.92 Å². The number of benzene rings is 1. The Kier molecular flexibility index (Phi) is 4.13.